The summed E-state index contributed by atoms with van der Waals surface area (Å²) in [5, 5.41) is 6.61. The Balaban J connectivity index is 1.05. The monoisotopic (exact) mass is 502 g/mol. The molecule has 10 heteroatoms. The van der Waals surface area contributed by atoms with E-state index in [9.17, 15) is 9.59 Å². The van der Waals surface area contributed by atoms with Gasteiger partial charge in [-0.1, -0.05) is 0 Å². The standard InChI is InChI=1S/C26H26N6O3S/c1-14-12-32(2)22-18(14)7-19(21(27)33)24(31-22)35-17-10-26(11-17)8-16(9-26)29-23(34)20-13-36-25(30-20)15-3-5-28-6-4-15/h3-7,12-13,16-17H,8-11H2,1-2H3,(H2,27,33)(H,29,34). The van der Waals surface area contributed by atoms with E-state index in [4.69, 9.17) is 10.5 Å². The number of hydrogen-bond donors (Lipinski definition) is 2. The van der Waals surface area contributed by atoms with Gasteiger partial charge in [-0.05, 0) is 61.8 Å². The minimum absolute atomic E-state index is 0.0208. The zero-order chi connectivity index (χ0) is 25.0. The number of primary amides is 1. The van der Waals surface area contributed by atoms with Crippen molar-refractivity contribution in [2.75, 3.05) is 0 Å². The zero-order valence-corrected chi connectivity index (χ0v) is 20.8. The third kappa shape index (κ3) is 3.91. The first-order valence-corrected chi connectivity index (χ1v) is 12.8. The Labute approximate surface area is 211 Å². The van der Waals surface area contributed by atoms with Crippen LogP contribution in [0.1, 0.15) is 52.1 Å². The number of aryl methyl sites for hydroxylation is 2. The summed E-state index contributed by atoms with van der Waals surface area (Å²) in [6.07, 6.45) is 8.93. The van der Waals surface area contributed by atoms with Gasteiger partial charge in [0.1, 0.15) is 28.0 Å². The van der Waals surface area contributed by atoms with Gasteiger partial charge in [0.2, 0.25) is 5.88 Å². The number of amides is 2. The molecular weight excluding hydrogens is 476 g/mol. The van der Waals surface area contributed by atoms with Crippen LogP contribution < -0.4 is 15.8 Å². The average molecular weight is 503 g/mol. The fourth-order valence-corrected chi connectivity index (χ4v) is 6.37. The highest BCUT2D eigenvalue weighted by Gasteiger charge is 2.54. The van der Waals surface area contributed by atoms with E-state index >= 15 is 0 Å². The van der Waals surface area contributed by atoms with Gasteiger partial charge in [0.05, 0.1) is 0 Å². The molecule has 0 aromatic carbocycles. The van der Waals surface area contributed by atoms with E-state index in [1.807, 2.05) is 36.9 Å². The molecule has 2 aliphatic rings. The molecule has 4 aromatic heterocycles. The van der Waals surface area contributed by atoms with Gasteiger partial charge in [-0.25, -0.2) is 4.98 Å². The second kappa shape index (κ2) is 8.41. The van der Waals surface area contributed by atoms with Gasteiger partial charge < -0.3 is 20.4 Å². The third-order valence-corrected chi connectivity index (χ3v) is 8.23. The van der Waals surface area contributed by atoms with E-state index in [0.717, 1.165) is 52.9 Å². The number of nitrogens with zero attached hydrogens (tertiary/aromatic N) is 4. The molecule has 0 unspecified atom stereocenters. The molecule has 184 valence electrons. The Morgan fingerprint density at radius 3 is 2.67 bits per heavy atom. The second-order valence-electron chi connectivity index (χ2n) is 10.0. The van der Waals surface area contributed by atoms with Crippen LogP contribution in [0.5, 0.6) is 5.88 Å². The molecule has 3 N–H and O–H groups in total. The van der Waals surface area contributed by atoms with Crippen LogP contribution in [0.2, 0.25) is 0 Å². The predicted molar refractivity (Wildman–Crippen MR) is 136 cm³/mol. The normalized spacial score (nSPS) is 22.7. The van der Waals surface area contributed by atoms with Gasteiger partial charge >= 0.3 is 0 Å². The fraction of sp³-hybridized carbons (Fsp3) is 0.346. The van der Waals surface area contributed by atoms with Crippen molar-refractivity contribution in [2.24, 2.45) is 18.2 Å². The van der Waals surface area contributed by atoms with Crippen LogP contribution in [0.25, 0.3) is 21.6 Å². The third-order valence-electron chi connectivity index (χ3n) is 7.34. The summed E-state index contributed by atoms with van der Waals surface area (Å²) in [7, 11) is 1.92. The van der Waals surface area contributed by atoms with Gasteiger partial charge in [0.15, 0.2) is 0 Å². The number of fused-ring (bicyclic) bond motifs is 1. The van der Waals surface area contributed by atoms with E-state index in [1.165, 1.54) is 11.3 Å². The van der Waals surface area contributed by atoms with Crippen LogP contribution in [0, 0.1) is 12.3 Å². The van der Waals surface area contributed by atoms with Gasteiger partial charge in [0, 0.05) is 48.0 Å². The van der Waals surface area contributed by atoms with E-state index < -0.39 is 5.91 Å². The summed E-state index contributed by atoms with van der Waals surface area (Å²) >= 11 is 1.45. The topological polar surface area (TPSA) is 125 Å². The summed E-state index contributed by atoms with van der Waals surface area (Å²) in [5.41, 5.74) is 9.30. The molecule has 1 spiro atoms. The summed E-state index contributed by atoms with van der Waals surface area (Å²) < 4.78 is 8.07. The molecule has 2 amide bonds. The largest absolute Gasteiger partial charge is 0.474 e. The molecule has 6 rings (SSSR count). The predicted octanol–water partition coefficient (Wildman–Crippen LogP) is 3.62. The molecule has 4 heterocycles. The number of ether oxygens (including phenoxy) is 1. The van der Waals surface area contributed by atoms with E-state index in [1.54, 1.807) is 23.8 Å². The molecule has 0 aliphatic heterocycles. The Hall–Kier alpha value is -3.79. The van der Waals surface area contributed by atoms with Crippen molar-refractivity contribution >= 4 is 34.2 Å². The van der Waals surface area contributed by atoms with Crippen molar-refractivity contribution in [1.29, 1.82) is 0 Å². The molecule has 2 fully saturated rings. The first-order chi connectivity index (χ1) is 17.3. The number of rotatable bonds is 6. The van der Waals surface area contributed by atoms with Crippen molar-refractivity contribution < 1.29 is 14.3 Å². The highest BCUT2D eigenvalue weighted by molar-refractivity contribution is 7.13. The summed E-state index contributed by atoms with van der Waals surface area (Å²) in [6, 6.07) is 5.67. The minimum Gasteiger partial charge on any atom is -0.474 e. The Morgan fingerprint density at radius 1 is 1.19 bits per heavy atom. The van der Waals surface area contributed by atoms with Crippen LogP contribution >= 0.6 is 11.3 Å². The maximum atomic E-state index is 12.7. The quantitative estimate of drug-likeness (QED) is 0.415. The lowest BCUT2D eigenvalue weighted by Crippen LogP contribution is -2.58. The smallest absolute Gasteiger partial charge is 0.270 e. The van der Waals surface area contributed by atoms with Crippen molar-refractivity contribution in [3.8, 4) is 16.5 Å². The van der Waals surface area contributed by atoms with Crippen molar-refractivity contribution in [2.45, 2.75) is 44.8 Å². The summed E-state index contributed by atoms with van der Waals surface area (Å²) in [6.45, 7) is 1.98. The SMILES string of the molecule is Cc1cn(C)c2nc(OC3CC4(CC(NC(=O)c5csc(-c6ccncc6)n5)C4)C3)c(C(N)=O)cc12. The van der Waals surface area contributed by atoms with Crippen molar-refractivity contribution in [3.05, 3.63) is 59.0 Å². The van der Waals surface area contributed by atoms with E-state index in [2.05, 4.69) is 20.3 Å². The maximum absolute atomic E-state index is 12.7. The van der Waals surface area contributed by atoms with Crippen molar-refractivity contribution in [1.82, 2.24) is 24.8 Å². The maximum Gasteiger partial charge on any atom is 0.270 e. The van der Waals surface area contributed by atoms with Crippen molar-refractivity contribution in [3.63, 3.8) is 0 Å². The number of aromatic nitrogens is 4. The molecule has 2 saturated carbocycles. The van der Waals surface area contributed by atoms with E-state index in [0.29, 0.717) is 17.1 Å². The van der Waals surface area contributed by atoms with E-state index in [-0.39, 0.29) is 23.5 Å². The summed E-state index contributed by atoms with van der Waals surface area (Å²) in [4.78, 5) is 37.9. The zero-order valence-electron chi connectivity index (χ0n) is 20.0. The van der Waals surface area contributed by atoms with Crippen LogP contribution in [0.4, 0.5) is 0 Å². The molecule has 36 heavy (non-hydrogen) atoms. The number of pyridine rings is 2. The first-order valence-electron chi connectivity index (χ1n) is 11.9. The number of carbonyl (C=O) groups is 2. The molecule has 0 bridgehead atoms. The Kier molecular flexibility index (Phi) is 5.29. The fourth-order valence-electron chi connectivity index (χ4n) is 5.57. The Morgan fingerprint density at radius 2 is 1.94 bits per heavy atom. The number of nitrogens with two attached hydrogens (primary N) is 1. The summed E-state index contributed by atoms with van der Waals surface area (Å²) in [5.74, 6) is -0.383. The molecular formula is C26H26N6O3S. The van der Waals surface area contributed by atoms with Gasteiger partial charge in [-0.2, -0.15) is 4.98 Å². The number of carbonyl (C=O) groups excluding carboxylic acids is 2. The molecule has 0 radical (unpaired) electrons. The van der Waals surface area contributed by atoms with Crippen LogP contribution in [0.3, 0.4) is 0 Å². The lowest BCUT2D eigenvalue weighted by Gasteiger charge is -2.57. The minimum atomic E-state index is -0.544. The number of hydrogen-bond acceptors (Lipinski definition) is 7. The van der Waals surface area contributed by atoms with Gasteiger partial charge in [0.25, 0.3) is 11.8 Å². The highest BCUT2D eigenvalue weighted by Crippen LogP contribution is 2.57. The van der Waals surface area contributed by atoms with Gasteiger partial charge in [-0.3, -0.25) is 14.6 Å². The molecule has 0 atom stereocenters. The molecule has 9 nitrogen and oxygen atoms in total. The van der Waals surface area contributed by atoms with Crippen LogP contribution in [0.15, 0.2) is 42.2 Å². The number of thiazole rings is 1. The lowest BCUT2D eigenvalue weighted by atomic mass is 9.53. The number of nitrogens with one attached hydrogen (secondary N) is 1. The van der Waals surface area contributed by atoms with Crippen LogP contribution in [-0.2, 0) is 7.05 Å². The Bertz CT molecular complexity index is 1480. The first kappa shape index (κ1) is 22.7. The molecule has 2 aliphatic carbocycles. The molecule has 4 aromatic rings. The average Bonchev–Trinajstić information content (AvgIpc) is 3.41. The second-order valence-corrected chi connectivity index (χ2v) is 10.9. The lowest BCUT2D eigenvalue weighted by molar-refractivity contribution is -0.0847. The molecule has 0 saturated heterocycles. The van der Waals surface area contributed by atoms with Crippen LogP contribution in [-0.4, -0.2) is 43.5 Å². The highest BCUT2D eigenvalue weighted by atomic mass is 32.1. The van der Waals surface area contributed by atoms with Gasteiger partial charge in [-0.15, -0.1) is 11.3 Å².